The zero-order chi connectivity index (χ0) is 20.2. The maximum atomic E-state index is 13.2. The van der Waals surface area contributed by atoms with Crippen LogP contribution in [0.15, 0.2) is 0 Å². The Morgan fingerprint density at radius 1 is 1.30 bits per heavy atom. The summed E-state index contributed by atoms with van der Waals surface area (Å²) in [6.45, 7) is 8.55. The summed E-state index contributed by atoms with van der Waals surface area (Å²) in [5.74, 6) is 0.239. The van der Waals surface area contributed by atoms with Gasteiger partial charge in [-0.2, -0.15) is 0 Å². The average molecular weight is 382 g/mol. The predicted molar refractivity (Wildman–Crippen MR) is 102 cm³/mol. The van der Waals surface area contributed by atoms with Crippen molar-refractivity contribution in [1.82, 2.24) is 4.90 Å². The van der Waals surface area contributed by atoms with Crippen molar-refractivity contribution in [3.05, 3.63) is 0 Å². The first-order valence-electron chi connectivity index (χ1n) is 10.2. The van der Waals surface area contributed by atoms with Crippen molar-refractivity contribution in [2.24, 2.45) is 17.3 Å². The zero-order valence-corrected chi connectivity index (χ0v) is 17.2. The van der Waals surface area contributed by atoms with Gasteiger partial charge in [-0.05, 0) is 64.7 Å². The van der Waals surface area contributed by atoms with E-state index in [-0.39, 0.29) is 17.8 Å². The van der Waals surface area contributed by atoms with Crippen molar-refractivity contribution >= 4 is 18.2 Å². The molecule has 2 fully saturated rings. The minimum Gasteiger partial charge on any atom is -0.444 e. The van der Waals surface area contributed by atoms with Crippen LogP contribution in [0.3, 0.4) is 0 Å². The molecule has 0 aromatic carbocycles. The van der Waals surface area contributed by atoms with Crippen molar-refractivity contribution in [2.45, 2.75) is 84.3 Å². The Kier molecular flexibility index (Phi) is 7.06. The third-order valence-electron chi connectivity index (χ3n) is 6.04. The molecule has 0 unspecified atom stereocenters. The molecule has 1 aliphatic heterocycles. The number of rotatable bonds is 2. The number of ketones is 1. The van der Waals surface area contributed by atoms with Gasteiger partial charge in [0.25, 0.3) is 0 Å². The van der Waals surface area contributed by atoms with Crippen LogP contribution in [0, 0.1) is 17.3 Å². The number of carbonyl (C=O) groups excluding carboxylic acids is 3. The summed E-state index contributed by atoms with van der Waals surface area (Å²) in [7, 11) is 0. The molecule has 1 saturated carbocycles. The lowest BCUT2D eigenvalue weighted by Gasteiger charge is -2.48. The molecule has 6 heteroatoms. The molecule has 0 radical (unpaired) electrons. The lowest BCUT2D eigenvalue weighted by molar-refractivity contribution is -0.151. The van der Waals surface area contributed by atoms with Crippen molar-refractivity contribution < 1.29 is 24.2 Å². The summed E-state index contributed by atoms with van der Waals surface area (Å²) in [6, 6.07) is 0. The van der Waals surface area contributed by atoms with E-state index >= 15 is 0 Å². The van der Waals surface area contributed by atoms with Crippen LogP contribution in [0.2, 0.25) is 0 Å². The van der Waals surface area contributed by atoms with E-state index in [0.717, 1.165) is 12.7 Å². The number of aliphatic hydroxyl groups excluding tert-OH is 1. The van der Waals surface area contributed by atoms with Crippen molar-refractivity contribution in [3.8, 4) is 0 Å². The van der Waals surface area contributed by atoms with E-state index in [1.807, 2.05) is 20.8 Å². The SMILES string of the molecule is C[C@@H]1C[C@@H](CC=O)[C@]2(CCCN(C(=O)OC(C)(C)C)CCCC2=O)[C@H](O)C1. The maximum Gasteiger partial charge on any atom is 0.410 e. The monoisotopic (exact) mass is 381 g/mol. The molecule has 1 heterocycles. The standard InChI is InChI=1S/C21H35NO5/c1-15-13-16(8-12-23)21(18(25)14-15)9-6-11-22(10-5-7-17(21)24)19(26)27-20(2,3)4/h12,15-16,18,25H,5-11,13-14H2,1-4H3/t15-,16-,18-,21+/m1/s1. The molecule has 2 rings (SSSR count). The van der Waals surface area contributed by atoms with Crippen molar-refractivity contribution in [2.75, 3.05) is 13.1 Å². The Morgan fingerprint density at radius 3 is 2.59 bits per heavy atom. The van der Waals surface area contributed by atoms with Crippen LogP contribution < -0.4 is 0 Å². The number of aldehydes is 1. The van der Waals surface area contributed by atoms with Crippen LogP contribution in [0.1, 0.15) is 72.6 Å². The number of nitrogens with zero attached hydrogens (tertiary/aromatic N) is 1. The Bertz CT molecular complexity index is 555. The number of hydrogen-bond acceptors (Lipinski definition) is 5. The Morgan fingerprint density at radius 2 is 1.96 bits per heavy atom. The number of amides is 1. The van der Waals surface area contributed by atoms with E-state index in [9.17, 15) is 19.5 Å². The highest BCUT2D eigenvalue weighted by Crippen LogP contribution is 2.50. The van der Waals surface area contributed by atoms with Crippen LogP contribution in [-0.2, 0) is 14.3 Å². The molecule has 4 atom stereocenters. The highest BCUT2D eigenvalue weighted by molar-refractivity contribution is 5.86. The van der Waals surface area contributed by atoms with Crippen LogP contribution in [0.25, 0.3) is 0 Å². The highest BCUT2D eigenvalue weighted by Gasteiger charge is 2.52. The van der Waals surface area contributed by atoms with Gasteiger partial charge in [0.15, 0.2) is 0 Å². The van der Waals surface area contributed by atoms with Gasteiger partial charge in [0, 0.05) is 25.9 Å². The fraction of sp³-hybridized carbons (Fsp3) is 0.857. The molecule has 1 amide bonds. The summed E-state index contributed by atoms with van der Waals surface area (Å²) in [5.41, 5.74) is -1.41. The largest absolute Gasteiger partial charge is 0.444 e. The van der Waals surface area contributed by atoms with Crippen LogP contribution in [0.4, 0.5) is 4.79 Å². The van der Waals surface area contributed by atoms with Gasteiger partial charge in [-0.1, -0.05) is 6.92 Å². The number of carbonyl (C=O) groups is 3. The highest BCUT2D eigenvalue weighted by atomic mass is 16.6. The summed E-state index contributed by atoms with van der Waals surface area (Å²) in [6.07, 6.45) is 3.50. The molecule has 2 aliphatic rings. The molecule has 1 saturated heterocycles. The normalized spacial score (nSPS) is 33.1. The first kappa shape index (κ1) is 21.9. The number of ether oxygens (including phenoxy) is 1. The molecule has 6 nitrogen and oxygen atoms in total. The van der Waals surface area contributed by atoms with Gasteiger partial charge >= 0.3 is 6.09 Å². The summed E-state index contributed by atoms with van der Waals surface area (Å²) in [4.78, 5) is 38.6. The molecular weight excluding hydrogens is 346 g/mol. The Hall–Kier alpha value is -1.43. The second kappa shape index (κ2) is 8.72. The number of Topliss-reactive ketones (excluding diaryl/α,β-unsaturated/α-hetero) is 1. The van der Waals surface area contributed by atoms with Crippen LogP contribution in [0.5, 0.6) is 0 Å². The zero-order valence-electron chi connectivity index (χ0n) is 17.2. The lowest BCUT2D eigenvalue weighted by Crippen LogP contribution is -2.52. The molecular formula is C21H35NO5. The maximum absolute atomic E-state index is 13.2. The first-order chi connectivity index (χ1) is 12.6. The number of hydrogen-bond donors (Lipinski definition) is 1. The molecule has 1 spiro atoms. The summed E-state index contributed by atoms with van der Waals surface area (Å²) in [5, 5.41) is 10.9. The fourth-order valence-corrected chi connectivity index (χ4v) is 4.85. The van der Waals surface area contributed by atoms with E-state index in [2.05, 4.69) is 6.92 Å². The van der Waals surface area contributed by atoms with Gasteiger partial charge in [-0.25, -0.2) is 4.79 Å². The Balaban J connectivity index is 2.19. The van der Waals surface area contributed by atoms with Crippen molar-refractivity contribution in [3.63, 3.8) is 0 Å². The van der Waals surface area contributed by atoms with E-state index in [1.54, 1.807) is 4.90 Å². The second-order valence-electron chi connectivity index (χ2n) is 9.33. The first-order valence-corrected chi connectivity index (χ1v) is 10.2. The quantitative estimate of drug-likeness (QED) is 0.742. The van der Waals surface area contributed by atoms with Gasteiger partial charge in [-0.3, -0.25) is 4.79 Å². The third kappa shape index (κ3) is 5.09. The number of aliphatic hydroxyl groups is 1. The minimum atomic E-state index is -0.850. The van der Waals surface area contributed by atoms with E-state index < -0.39 is 17.1 Å². The van der Waals surface area contributed by atoms with Crippen molar-refractivity contribution in [1.29, 1.82) is 0 Å². The van der Waals surface area contributed by atoms with Crippen LogP contribution in [-0.4, -0.2) is 53.0 Å². The molecule has 27 heavy (non-hydrogen) atoms. The molecule has 0 aromatic heterocycles. The smallest absolute Gasteiger partial charge is 0.410 e. The second-order valence-corrected chi connectivity index (χ2v) is 9.33. The van der Waals surface area contributed by atoms with Crippen LogP contribution >= 0.6 is 0 Å². The molecule has 0 aromatic rings. The van der Waals surface area contributed by atoms with Gasteiger partial charge in [-0.15, -0.1) is 0 Å². The van der Waals surface area contributed by atoms with Gasteiger partial charge in [0.2, 0.25) is 0 Å². The average Bonchev–Trinajstić information content (AvgIpc) is 2.61. The summed E-state index contributed by atoms with van der Waals surface area (Å²) >= 11 is 0. The lowest BCUT2D eigenvalue weighted by atomic mass is 9.56. The molecule has 1 N–H and O–H groups in total. The van der Waals surface area contributed by atoms with Gasteiger partial charge in [0.05, 0.1) is 11.5 Å². The molecule has 154 valence electrons. The Labute approximate surface area is 162 Å². The van der Waals surface area contributed by atoms with Gasteiger partial charge in [0.1, 0.15) is 17.7 Å². The molecule has 1 aliphatic carbocycles. The molecule has 0 bridgehead atoms. The van der Waals surface area contributed by atoms with E-state index in [0.29, 0.717) is 57.5 Å². The third-order valence-corrected chi connectivity index (χ3v) is 6.04. The van der Waals surface area contributed by atoms with E-state index in [1.165, 1.54) is 0 Å². The predicted octanol–water partition coefficient (Wildman–Crippen LogP) is 3.35. The summed E-state index contributed by atoms with van der Waals surface area (Å²) < 4.78 is 5.48. The fourth-order valence-electron chi connectivity index (χ4n) is 4.85. The van der Waals surface area contributed by atoms with E-state index in [4.69, 9.17) is 4.74 Å². The van der Waals surface area contributed by atoms with Gasteiger partial charge < -0.3 is 19.5 Å². The minimum absolute atomic E-state index is 0.0554. The topological polar surface area (TPSA) is 83.9 Å².